The average molecular weight is 506 g/mol. The first-order valence-corrected chi connectivity index (χ1v) is 13.1. The molecule has 1 amide bonds. The maximum absolute atomic E-state index is 12.5. The number of carbonyl (C=O) groups is 1. The maximum atomic E-state index is 12.5. The molecule has 1 aromatic rings. The van der Waals surface area contributed by atoms with Crippen molar-refractivity contribution in [2.24, 2.45) is 9.98 Å². The second kappa shape index (κ2) is 11.7. The molecule has 4 rings (SSSR count). The van der Waals surface area contributed by atoms with E-state index in [1.807, 2.05) is 29.4 Å². The normalized spacial score (nSPS) is 21.0. The number of aliphatic imine (C=N–C) groups is 2. The van der Waals surface area contributed by atoms with E-state index in [4.69, 9.17) is 14.7 Å². The monoisotopic (exact) mass is 505 g/mol. The van der Waals surface area contributed by atoms with Gasteiger partial charge in [0.2, 0.25) is 5.91 Å². The lowest BCUT2D eigenvalue weighted by Gasteiger charge is -2.37. The molecule has 0 radical (unpaired) electrons. The molecule has 9 nitrogen and oxygen atoms in total. The predicted octanol–water partition coefficient (Wildman–Crippen LogP) is 3.15. The van der Waals surface area contributed by atoms with Crippen molar-refractivity contribution in [3.63, 3.8) is 0 Å². The standard InChI is InChI=1S/C28H39N7O2/c1-18(2)30-9-10-34(23-11-20(28(36)29-5)12-24(13-23)37-6)22-7-8-25-26(14-22)33-27(16-31-25)21-15-32-35(17-21)19(3)4/h7,12-19,23,25,30H,8-11H2,1-6H3,(H,29,36). The Bertz CT molecular complexity index is 1180. The van der Waals surface area contributed by atoms with Gasteiger partial charge in [-0.3, -0.25) is 14.5 Å². The lowest BCUT2D eigenvalue weighted by Crippen LogP contribution is -2.42. The van der Waals surface area contributed by atoms with Gasteiger partial charge in [0.15, 0.2) is 0 Å². The number of nitrogens with one attached hydrogen (secondary N) is 2. The second-order valence-electron chi connectivity index (χ2n) is 10.1. The number of hydrogen-bond donors (Lipinski definition) is 2. The number of amides is 1. The van der Waals surface area contributed by atoms with Crippen LogP contribution in [0.4, 0.5) is 0 Å². The number of likely N-dealkylation sites (N-methyl/N-ethyl adjacent to an activating group) is 1. The van der Waals surface area contributed by atoms with Crippen LogP contribution < -0.4 is 10.6 Å². The van der Waals surface area contributed by atoms with Crippen molar-refractivity contribution in [1.29, 1.82) is 0 Å². The average Bonchev–Trinajstić information content (AvgIpc) is 3.40. The van der Waals surface area contributed by atoms with E-state index in [0.717, 1.165) is 42.2 Å². The molecule has 2 aliphatic carbocycles. The van der Waals surface area contributed by atoms with Crippen LogP contribution >= 0.6 is 0 Å². The Labute approximate surface area is 219 Å². The van der Waals surface area contributed by atoms with Gasteiger partial charge >= 0.3 is 0 Å². The van der Waals surface area contributed by atoms with Gasteiger partial charge in [-0.25, -0.2) is 4.99 Å². The van der Waals surface area contributed by atoms with Crippen molar-refractivity contribution >= 4 is 17.8 Å². The molecule has 0 aromatic carbocycles. The number of fused-ring (bicyclic) bond motifs is 1. The molecule has 1 aromatic heterocycles. The molecule has 0 saturated carbocycles. The first kappa shape index (κ1) is 26.6. The molecular weight excluding hydrogens is 466 g/mol. The van der Waals surface area contributed by atoms with Gasteiger partial charge < -0.3 is 20.3 Å². The summed E-state index contributed by atoms with van der Waals surface area (Å²) in [7, 11) is 3.30. The molecule has 0 bridgehead atoms. The SMILES string of the molecule is CNC(=O)C1=CC(OC)=CC(N(CCNC(C)C)C2=CCC3N=CC(c4cnn(C(C)C)c4)=NC3=C2)C1. The van der Waals surface area contributed by atoms with Gasteiger partial charge in [0.25, 0.3) is 0 Å². The number of allylic oxidation sites excluding steroid dienone is 2. The van der Waals surface area contributed by atoms with E-state index in [0.29, 0.717) is 23.8 Å². The first-order chi connectivity index (χ1) is 17.8. The highest BCUT2D eigenvalue weighted by atomic mass is 16.5. The molecule has 198 valence electrons. The minimum atomic E-state index is -0.0817. The van der Waals surface area contributed by atoms with Crippen LogP contribution in [-0.2, 0) is 9.53 Å². The zero-order valence-electron chi connectivity index (χ0n) is 22.7. The first-order valence-electron chi connectivity index (χ1n) is 13.1. The number of hydrogen-bond acceptors (Lipinski definition) is 7. The molecule has 2 unspecified atom stereocenters. The van der Waals surface area contributed by atoms with Crippen LogP contribution in [0.2, 0.25) is 0 Å². The quantitative estimate of drug-likeness (QED) is 0.509. The van der Waals surface area contributed by atoms with E-state index >= 15 is 0 Å². The highest BCUT2D eigenvalue weighted by Gasteiger charge is 2.29. The maximum Gasteiger partial charge on any atom is 0.247 e. The summed E-state index contributed by atoms with van der Waals surface area (Å²) in [6.45, 7) is 10.1. The molecule has 3 aliphatic rings. The Kier molecular flexibility index (Phi) is 8.43. The smallest absolute Gasteiger partial charge is 0.247 e. The fourth-order valence-corrected chi connectivity index (χ4v) is 4.68. The number of nitrogens with zero attached hydrogens (tertiary/aromatic N) is 5. The largest absolute Gasteiger partial charge is 0.497 e. The summed E-state index contributed by atoms with van der Waals surface area (Å²) < 4.78 is 7.51. The Hall–Kier alpha value is -3.46. The Morgan fingerprint density at radius 1 is 1.27 bits per heavy atom. The minimum absolute atomic E-state index is 0.0149. The molecule has 0 fully saturated rings. The van der Waals surface area contributed by atoms with E-state index in [2.05, 4.69) is 66.6 Å². The molecule has 9 heteroatoms. The summed E-state index contributed by atoms with van der Waals surface area (Å²) >= 11 is 0. The molecular formula is C28H39N7O2. The molecule has 2 N–H and O–H groups in total. The molecule has 1 aliphatic heterocycles. The minimum Gasteiger partial charge on any atom is -0.497 e. The zero-order chi connectivity index (χ0) is 26.5. The molecule has 0 spiro atoms. The molecule has 0 saturated heterocycles. The van der Waals surface area contributed by atoms with Crippen LogP contribution in [0.25, 0.3) is 0 Å². The van der Waals surface area contributed by atoms with E-state index in [1.165, 1.54) is 0 Å². The van der Waals surface area contributed by atoms with Crippen LogP contribution in [0.5, 0.6) is 0 Å². The van der Waals surface area contributed by atoms with E-state index in [-0.39, 0.29) is 24.0 Å². The Morgan fingerprint density at radius 3 is 2.76 bits per heavy atom. The number of aromatic nitrogens is 2. The zero-order valence-corrected chi connectivity index (χ0v) is 22.7. The summed E-state index contributed by atoms with van der Waals surface area (Å²) in [5, 5.41) is 10.7. The Balaban J connectivity index is 1.63. The highest BCUT2D eigenvalue weighted by molar-refractivity contribution is 6.38. The van der Waals surface area contributed by atoms with E-state index < -0.39 is 0 Å². The predicted molar refractivity (Wildman–Crippen MR) is 148 cm³/mol. The summed E-state index contributed by atoms with van der Waals surface area (Å²) in [5.41, 5.74) is 4.53. The topological polar surface area (TPSA) is 96.1 Å². The van der Waals surface area contributed by atoms with Gasteiger partial charge in [0, 0.05) is 67.9 Å². The molecule has 37 heavy (non-hydrogen) atoms. The van der Waals surface area contributed by atoms with Crippen molar-refractivity contribution in [1.82, 2.24) is 25.3 Å². The third-order valence-electron chi connectivity index (χ3n) is 6.73. The lowest BCUT2D eigenvalue weighted by atomic mass is 9.95. The number of carbonyl (C=O) groups excluding carboxylic acids is 1. The third-order valence-corrected chi connectivity index (χ3v) is 6.73. The van der Waals surface area contributed by atoms with Crippen LogP contribution in [0.3, 0.4) is 0 Å². The van der Waals surface area contributed by atoms with Crippen molar-refractivity contribution in [2.75, 3.05) is 27.2 Å². The Morgan fingerprint density at radius 2 is 2.08 bits per heavy atom. The fourth-order valence-electron chi connectivity index (χ4n) is 4.68. The summed E-state index contributed by atoms with van der Waals surface area (Å²) in [4.78, 5) is 24.7. The third kappa shape index (κ3) is 6.28. The summed E-state index contributed by atoms with van der Waals surface area (Å²) in [5.74, 6) is 0.616. The summed E-state index contributed by atoms with van der Waals surface area (Å²) in [6, 6.07) is 0.657. The summed E-state index contributed by atoms with van der Waals surface area (Å²) in [6.07, 6.45) is 15.4. The van der Waals surface area contributed by atoms with Crippen molar-refractivity contribution in [2.45, 2.75) is 64.7 Å². The van der Waals surface area contributed by atoms with Gasteiger partial charge in [-0.05, 0) is 38.5 Å². The van der Waals surface area contributed by atoms with Crippen molar-refractivity contribution < 1.29 is 9.53 Å². The van der Waals surface area contributed by atoms with Crippen LogP contribution in [0.1, 0.15) is 52.1 Å². The second-order valence-corrected chi connectivity index (χ2v) is 10.1. The number of methoxy groups -OCH3 is 1. The van der Waals surface area contributed by atoms with Crippen molar-refractivity contribution in [3.05, 3.63) is 65.0 Å². The highest BCUT2D eigenvalue weighted by Crippen LogP contribution is 2.31. The molecule has 2 atom stereocenters. The van der Waals surface area contributed by atoms with Gasteiger partial charge in [0.1, 0.15) is 5.76 Å². The fraction of sp³-hybridized carbons (Fsp3) is 0.500. The van der Waals surface area contributed by atoms with Crippen LogP contribution in [0, 0.1) is 0 Å². The van der Waals surface area contributed by atoms with Gasteiger partial charge in [-0.15, -0.1) is 0 Å². The lowest BCUT2D eigenvalue weighted by molar-refractivity contribution is -0.117. The molecule has 2 heterocycles. The van der Waals surface area contributed by atoms with Gasteiger partial charge in [-0.1, -0.05) is 19.9 Å². The van der Waals surface area contributed by atoms with Gasteiger partial charge in [-0.2, -0.15) is 5.10 Å². The number of ether oxygens (including phenoxy) is 1. The van der Waals surface area contributed by atoms with Gasteiger partial charge in [0.05, 0.1) is 36.8 Å². The number of rotatable bonds is 10. The van der Waals surface area contributed by atoms with Crippen LogP contribution in [-0.4, -0.2) is 77.9 Å². The van der Waals surface area contributed by atoms with Crippen LogP contribution in [0.15, 0.2) is 69.4 Å². The van der Waals surface area contributed by atoms with E-state index in [9.17, 15) is 4.79 Å². The van der Waals surface area contributed by atoms with Crippen molar-refractivity contribution in [3.8, 4) is 0 Å². The van der Waals surface area contributed by atoms with E-state index in [1.54, 1.807) is 14.2 Å².